The summed E-state index contributed by atoms with van der Waals surface area (Å²) in [4.78, 5) is 32.3. The van der Waals surface area contributed by atoms with Crippen LogP contribution in [0.2, 0.25) is 0 Å². The lowest BCUT2D eigenvalue weighted by atomic mass is 10.1. The third kappa shape index (κ3) is 5.46. The Morgan fingerprint density at radius 1 is 1.12 bits per heavy atom. The standard InChI is InChI=1S/C25H25N3O4S/c1-31-22-10-7-20(13-23(22)32-2)28-15-18(12-24(28)29)25(30)27-19-5-8-21(9-6-19)33-16-17-4-3-11-26-14-17/h3-11,13-14,18H,12,15-16H2,1-2H3,(H,27,30). The van der Waals surface area contributed by atoms with E-state index in [0.29, 0.717) is 29.4 Å². The molecular weight excluding hydrogens is 438 g/mol. The number of hydrogen-bond donors (Lipinski definition) is 1. The van der Waals surface area contributed by atoms with Crippen LogP contribution in [-0.4, -0.2) is 37.6 Å². The molecule has 33 heavy (non-hydrogen) atoms. The van der Waals surface area contributed by atoms with E-state index in [1.165, 1.54) is 0 Å². The molecule has 3 aromatic rings. The first-order chi connectivity index (χ1) is 16.1. The number of nitrogens with one attached hydrogen (secondary N) is 1. The minimum atomic E-state index is -0.426. The molecule has 1 N–H and O–H groups in total. The van der Waals surface area contributed by atoms with Crippen molar-refractivity contribution < 1.29 is 19.1 Å². The van der Waals surface area contributed by atoms with Crippen molar-refractivity contribution in [3.05, 3.63) is 72.6 Å². The molecular formula is C25H25N3O4S. The number of hydrogen-bond acceptors (Lipinski definition) is 6. The maximum Gasteiger partial charge on any atom is 0.229 e. The first kappa shape index (κ1) is 22.7. The number of carbonyl (C=O) groups excluding carboxylic acids is 2. The molecule has 0 spiro atoms. The molecule has 2 heterocycles. The zero-order valence-corrected chi connectivity index (χ0v) is 19.3. The Labute approximate surface area is 197 Å². The summed E-state index contributed by atoms with van der Waals surface area (Å²) < 4.78 is 10.6. The van der Waals surface area contributed by atoms with Crippen molar-refractivity contribution in [3.8, 4) is 11.5 Å². The minimum absolute atomic E-state index is 0.0930. The van der Waals surface area contributed by atoms with Gasteiger partial charge in [0.25, 0.3) is 0 Å². The van der Waals surface area contributed by atoms with Gasteiger partial charge in [-0.05, 0) is 48.0 Å². The zero-order chi connectivity index (χ0) is 23.2. The summed E-state index contributed by atoms with van der Waals surface area (Å²) in [7, 11) is 3.11. The number of benzene rings is 2. The van der Waals surface area contributed by atoms with Gasteiger partial charge in [0.1, 0.15) is 0 Å². The van der Waals surface area contributed by atoms with Crippen LogP contribution in [0.15, 0.2) is 71.9 Å². The molecule has 1 fully saturated rings. The Kier molecular flexibility index (Phi) is 7.14. The molecule has 1 aliphatic heterocycles. The Bertz CT molecular complexity index is 1120. The van der Waals surface area contributed by atoms with Crippen LogP contribution in [0.4, 0.5) is 11.4 Å². The van der Waals surface area contributed by atoms with Gasteiger partial charge in [0, 0.05) is 53.4 Å². The van der Waals surface area contributed by atoms with E-state index >= 15 is 0 Å². The first-order valence-electron chi connectivity index (χ1n) is 10.5. The van der Waals surface area contributed by atoms with Crippen LogP contribution in [0.3, 0.4) is 0 Å². The average molecular weight is 464 g/mol. The molecule has 4 rings (SSSR count). The predicted molar refractivity (Wildman–Crippen MR) is 129 cm³/mol. The number of aromatic nitrogens is 1. The highest BCUT2D eigenvalue weighted by atomic mass is 32.2. The second-order valence-electron chi connectivity index (χ2n) is 7.61. The van der Waals surface area contributed by atoms with Crippen molar-refractivity contribution in [2.45, 2.75) is 17.1 Å². The lowest BCUT2D eigenvalue weighted by Crippen LogP contribution is -2.28. The van der Waals surface area contributed by atoms with E-state index in [1.807, 2.05) is 42.6 Å². The number of carbonyl (C=O) groups is 2. The maximum absolute atomic E-state index is 12.8. The smallest absolute Gasteiger partial charge is 0.229 e. The highest BCUT2D eigenvalue weighted by Crippen LogP contribution is 2.34. The second kappa shape index (κ2) is 10.4. The fourth-order valence-corrected chi connectivity index (χ4v) is 4.49. The summed E-state index contributed by atoms with van der Waals surface area (Å²) in [5, 5.41) is 2.94. The molecule has 1 aliphatic rings. The minimum Gasteiger partial charge on any atom is -0.493 e. The summed E-state index contributed by atoms with van der Waals surface area (Å²) in [5.41, 5.74) is 2.55. The normalized spacial score (nSPS) is 15.4. The fourth-order valence-electron chi connectivity index (χ4n) is 3.65. The number of methoxy groups -OCH3 is 2. The number of ether oxygens (including phenoxy) is 2. The largest absolute Gasteiger partial charge is 0.493 e. The van der Waals surface area contributed by atoms with Gasteiger partial charge in [-0.15, -0.1) is 11.8 Å². The molecule has 1 saturated heterocycles. The Hall–Kier alpha value is -3.52. The van der Waals surface area contributed by atoms with Crippen LogP contribution in [0, 0.1) is 5.92 Å². The summed E-state index contributed by atoms with van der Waals surface area (Å²) in [5.74, 6) is 1.27. The first-order valence-corrected chi connectivity index (χ1v) is 11.5. The maximum atomic E-state index is 12.8. The van der Waals surface area contributed by atoms with E-state index in [1.54, 1.807) is 55.3 Å². The van der Waals surface area contributed by atoms with Gasteiger partial charge in [0.2, 0.25) is 11.8 Å². The van der Waals surface area contributed by atoms with Crippen LogP contribution in [0.25, 0.3) is 0 Å². The second-order valence-corrected chi connectivity index (χ2v) is 8.66. The zero-order valence-electron chi connectivity index (χ0n) is 18.5. The number of anilines is 2. The summed E-state index contributed by atoms with van der Waals surface area (Å²) in [6, 6.07) is 17.0. The van der Waals surface area contributed by atoms with Gasteiger partial charge < -0.3 is 19.7 Å². The van der Waals surface area contributed by atoms with Gasteiger partial charge in [0.15, 0.2) is 11.5 Å². The van der Waals surface area contributed by atoms with Gasteiger partial charge in [-0.1, -0.05) is 6.07 Å². The van der Waals surface area contributed by atoms with Gasteiger partial charge in [-0.25, -0.2) is 0 Å². The Morgan fingerprint density at radius 2 is 1.91 bits per heavy atom. The molecule has 2 aromatic carbocycles. The van der Waals surface area contributed by atoms with Crippen molar-refractivity contribution >= 4 is 35.0 Å². The lowest BCUT2D eigenvalue weighted by Gasteiger charge is -2.18. The fraction of sp³-hybridized carbons (Fsp3) is 0.240. The van der Waals surface area contributed by atoms with Crippen molar-refractivity contribution in [2.24, 2.45) is 5.92 Å². The molecule has 0 radical (unpaired) electrons. The van der Waals surface area contributed by atoms with Gasteiger partial charge in [0.05, 0.1) is 20.1 Å². The summed E-state index contributed by atoms with van der Waals surface area (Å²) in [6.45, 7) is 0.319. The van der Waals surface area contributed by atoms with E-state index in [9.17, 15) is 9.59 Å². The Balaban J connectivity index is 1.35. The molecule has 0 aliphatic carbocycles. The molecule has 0 bridgehead atoms. The molecule has 8 heteroatoms. The number of nitrogens with zero attached hydrogens (tertiary/aromatic N) is 2. The third-order valence-electron chi connectivity index (χ3n) is 5.42. The SMILES string of the molecule is COc1ccc(N2CC(C(=O)Nc3ccc(SCc4cccnc4)cc3)CC2=O)cc1OC. The van der Waals surface area contributed by atoms with Crippen LogP contribution in [0.5, 0.6) is 11.5 Å². The van der Waals surface area contributed by atoms with Gasteiger partial charge >= 0.3 is 0 Å². The van der Waals surface area contributed by atoms with E-state index < -0.39 is 5.92 Å². The molecule has 1 atom stereocenters. The van der Waals surface area contributed by atoms with Gasteiger partial charge in [-0.3, -0.25) is 14.6 Å². The molecule has 170 valence electrons. The predicted octanol–water partition coefficient (Wildman–Crippen LogP) is 4.38. The van der Waals surface area contributed by atoms with Crippen LogP contribution >= 0.6 is 11.8 Å². The summed E-state index contributed by atoms with van der Waals surface area (Å²) in [6.07, 6.45) is 3.78. The number of pyridine rings is 1. The molecule has 1 unspecified atom stereocenters. The van der Waals surface area contributed by atoms with Crippen LogP contribution in [-0.2, 0) is 15.3 Å². The highest BCUT2D eigenvalue weighted by molar-refractivity contribution is 7.98. The topological polar surface area (TPSA) is 80.8 Å². The van der Waals surface area contributed by atoms with Crippen molar-refractivity contribution in [2.75, 3.05) is 31.0 Å². The number of amides is 2. The van der Waals surface area contributed by atoms with E-state index in [0.717, 1.165) is 16.2 Å². The van der Waals surface area contributed by atoms with Crippen molar-refractivity contribution in [3.63, 3.8) is 0 Å². The lowest BCUT2D eigenvalue weighted by molar-refractivity contribution is -0.122. The third-order valence-corrected chi connectivity index (χ3v) is 6.51. The number of rotatable bonds is 8. The van der Waals surface area contributed by atoms with E-state index in [2.05, 4.69) is 10.3 Å². The quantitative estimate of drug-likeness (QED) is 0.499. The van der Waals surface area contributed by atoms with Gasteiger partial charge in [-0.2, -0.15) is 0 Å². The molecule has 2 amide bonds. The van der Waals surface area contributed by atoms with E-state index in [-0.39, 0.29) is 18.2 Å². The average Bonchev–Trinajstić information content (AvgIpc) is 3.25. The molecule has 0 saturated carbocycles. The summed E-state index contributed by atoms with van der Waals surface area (Å²) >= 11 is 1.71. The van der Waals surface area contributed by atoms with Crippen LogP contribution < -0.4 is 19.7 Å². The molecule has 7 nitrogen and oxygen atoms in total. The van der Waals surface area contributed by atoms with E-state index in [4.69, 9.17) is 9.47 Å². The van der Waals surface area contributed by atoms with Crippen molar-refractivity contribution in [1.29, 1.82) is 0 Å². The molecule has 1 aromatic heterocycles. The van der Waals surface area contributed by atoms with Crippen molar-refractivity contribution in [1.82, 2.24) is 4.98 Å². The highest BCUT2D eigenvalue weighted by Gasteiger charge is 2.35. The number of thioether (sulfide) groups is 1. The van der Waals surface area contributed by atoms with Crippen LogP contribution in [0.1, 0.15) is 12.0 Å². The Morgan fingerprint density at radius 3 is 2.61 bits per heavy atom. The monoisotopic (exact) mass is 463 g/mol.